The zero-order valence-electron chi connectivity index (χ0n) is 13.8. The molecule has 134 valence electrons. The van der Waals surface area contributed by atoms with Gasteiger partial charge in [0.15, 0.2) is 0 Å². The van der Waals surface area contributed by atoms with Crippen LogP contribution in [0.5, 0.6) is 5.75 Å². The van der Waals surface area contributed by atoms with Gasteiger partial charge in [0.05, 0.1) is 17.7 Å². The summed E-state index contributed by atoms with van der Waals surface area (Å²) in [5.41, 5.74) is 2.95. The Balaban J connectivity index is 1.86. The van der Waals surface area contributed by atoms with Crippen molar-refractivity contribution in [2.75, 3.05) is 11.9 Å². The van der Waals surface area contributed by atoms with Gasteiger partial charge in [-0.05, 0) is 48.9 Å². The van der Waals surface area contributed by atoms with E-state index in [9.17, 15) is 19.7 Å². The van der Waals surface area contributed by atoms with Crippen LogP contribution in [-0.4, -0.2) is 29.6 Å². The summed E-state index contributed by atoms with van der Waals surface area (Å²) in [6.45, 7) is 2.44. The fourth-order valence-corrected chi connectivity index (χ4v) is 1.89. The second-order valence-corrected chi connectivity index (χ2v) is 4.96. The van der Waals surface area contributed by atoms with E-state index in [1.165, 1.54) is 30.5 Å². The Kier molecular flexibility index (Phi) is 6.38. The molecular formula is C17H16N4O5. The van der Waals surface area contributed by atoms with E-state index in [1.807, 2.05) is 6.92 Å². The number of anilines is 1. The van der Waals surface area contributed by atoms with E-state index < -0.39 is 16.7 Å². The highest BCUT2D eigenvalue weighted by Crippen LogP contribution is 2.15. The minimum atomic E-state index is -0.967. The predicted molar refractivity (Wildman–Crippen MR) is 95.1 cm³/mol. The van der Waals surface area contributed by atoms with Crippen molar-refractivity contribution in [3.05, 3.63) is 64.2 Å². The lowest BCUT2D eigenvalue weighted by molar-refractivity contribution is -0.384. The zero-order valence-corrected chi connectivity index (χ0v) is 13.8. The minimum Gasteiger partial charge on any atom is -0.494 e. The number of carbonyl (C=O) groups is 2. The Hall–Kier alpha value is -3.75. The zero-order chi connectivity index (χ0) is 18.9. The Bertz CT molecular complexity index is 816. The summed E-state index contributed by atoms with van der Waals surface area (Å²) in [4.78, 5) is 33.4. The van der Waals surface area contributed by atoms with Gasteiger partial charge in [-0.3, -0.25) is 19.7 Å². The van der Waals surface area contributed by atoms with E-state index in [2.05, 4.69) is 15.8 Å². The molecule has 0 aromatic heterocycles. The standard InChI is InChI=1S/C17H16N4O5/c1-2-26-15-9-3-12(4-10-15)11-18-20-17(23)16(22)19-13-5-7-14(8-6-13)21(24)25/h3-11H,2H2,1H3,(H,19,22)(H,20,23)/b18-11-. The molecule has 9 nitrogen and oxygen atoms in total. The summed E-state index contributed by atoms with van der Waals surface area (Å²) in [5, 5.41) is 16.6. The highest BCUT2D eigenvalue weighted by Gasteiger charge is 2.13. The van der Waals surface area contributed by atoms with Crippen molar-refractivity contribution in [2.24, 2.45) is 5.10 Å². The molecule has 26 heavy (non-hydrogen) atoms. The molecule has 2 N–H and O–H groups in total. The van der Waals surface area contributed by atoms with Gasteiger partial charge in [0.25, 0.3) is 5.69 Å². The third-order valence-electron chi connectivity index (χ3n) is 3.11. The highest BCUT2D eigenvalue weighted by molar-refractivity contribution is 6.39. The first-order valence-corrected chi connectivity index (χ1v) is 7.61. The Morgan fingerprint density at radius 3 is 2.35 bits per heavy atom. The normalized spacial score (nSPS) is 10.3. The second-order valence-electron chi connectivity index (χ2n) is 4.96. The van der Waals surface area contributed by atoms with Crippen molar-refractivity contribution in [1.82, 2.24) is 5.43 Å². The van der Waals surface area contributed by atoms with Crippen molar-refractivity contribution >= 4 is 29.4 Å². The van der Waals surface area contributed by atoms with Gasteiger partial charge in [-0.25, -0.2) is 5.43 Å². The molecule has 0 atom stereocenters. The first-order valence-electron chi connectivity index (χ1n) is 7.61. The number of nitro groups is 1. The van der Waals surface area contributed by atoms with Gasteiger partial charge < -0.3 is 10.1 Å². The molecule has 0 aliphatic rings. The maximum Gasteiger partial charge on any atom is 0.329 e. The number of rotatable bonds is 6. The van der Waals surface area contributed by atoms with Crippen LogP contribution in [0.1, 0.15) is 12.5 Å². The molecule has 0 fully saturated rings. The smallest absolute Gasteiger partial charge is 0.329 e. The summed E-state index contributed by atoms with van der Waals surface area (Å²) < 4.78 is 5.31. The SMILES string of the molecule is CCOc1ccc(/C=N\NC(=O)C(=O)Nc2ccc([N+](=O)[O-])cc2)cc1. The van der Waals surface area contributed by atoms with Crippen LogP contribution in [0.15, 0.2) is 53.6 Å². The molecule has 2 rings (SSSR count). The molecule has 2 amide bonds. The number of ether oxygens (including phenoxy) is 1. The monoisotopic (exact) mass is 356 g/mol. The lowest BCUT2D eigenvalue weighted by Crippen LogP contribution is -2.32. The van der Waals surface area contributed by atoms with Gasteiger partial charge in [0.2, 0.25) is 0 Å². The van der Waals surface area contributed by atoms with E-state index >= 15 is 0 Å². The predicted octanol–water partition coefficient (Wildman–Crippen LogP) is 2.08. The minimum absolute atomic E-state index is 0.118. The molecule has 0 heterocycles. The van der Waals surface area contributed by atoms with Crippen LogP contribution >= 0.6 is 0 Å². The highest BCUT2D eigenvalue weighted by atomic mass is 16.6. The Morgan fingerprint density at radius 2 is 1.77 bits per heavy atom. The van der Waals surface area contributed by atoms with Gasteiger partial charge in [0, 0.05) is 17.8 Å². The molecule has 0 bridgehead atoms. The molecule has 2 aromatic rings. The quantitative estimate of drug-likeness (QED) is 0.355. The van der Waals surface area contributed by atoms with Crippen molar-refractivity contribution in [2.45, 2.75) is 6.92 Å². The summed E-state index contributed by atoms with van der Waals surface area (Å²) >= 11 is 0. The van der Waals surface area contributed by atoms with Crippen molar-refractivity contribution in [3.63, 3.8) is 0 Å². The number of hydrogen-bond acceptors (Lipinski definition) is 6. The van der Waals surface area contributed by atoms with Gasteiger partial charge >= 0.3 is 11.8 Å². The number of amides is 2. The van der Waals surface area contributed by atoms with Crippen molar-refractivity contribution in [1.29, 1.82) is 0 Å². The van der Waals surface area contributed by atoms with Gasteiger partial charge in [-0.1, -0.05) is 0 Å². The van der Waals surface area contributed by atoms with Crippen LogP contribution < -0.4 is 15.5 Å². The molecule has 0 saturated carbocycles. The maximum absolute atomic E-state index is 11.7. The van der Waals surface area contributed by atoms with Crippen LogP contribution in [-0.2, 0) is 9.59 Å². The van der Waals surface area contributed by atoms with E-state index in [0.29, 0.717) is 12.2 Å². The summed E-state index contributed by atoms with van der Waals surface area (Å²) in [6, 6.07) is 12.1. The number of nitro benzene ring substituents is 1. The van der Waals surface area contributed by atoms with Gasteiger partial charge in [-0.15, -0.1) is 0 Å². The number of nitrogens with zero attached hydrogens (tertiary/aromatic N) is 2. The van der Waals surface area contributed by atoms with Crippen LogP contribution in [0.3, 0.4) is 0 Å². The fraction of sp³-hybridized carbons (Fsp3) is 0.118. The van der Waals surface area contributed by atoms with E-state index in [-0.39, 0.29) is 11.4 Å². The number of hydrogen-bond donors (Lipinski definition) is 2. The lowest BCUT2D eigenvalue weighted by atomic mass is 10.2. The third kappa shape index (κ3) is 5.41. The molecule has 0 spiro atoms. The molecule has 9 heteroatoms. The van der Waals surface area contributed by atoms with Crippen LogP contribution in [0.2, 0.25) is 0 Å². The third-order valence-corrected chi connectivity index (χ3v) is 3.11. The summed E-state index contributed by atoms with van der Waals surface area (Å²) in [5.74, 6) is -1.19. The fourth-order valence-electron chi connectivity index (χ4n) is 1.89. The number of nitrogens with one attached hydrogen (secondary N) is 2. The van der Waals surface area contributed by atoms with E-state index in [1.54, 1.807) is 24.3 Å². The largest absolute Gasteiger partial charge is 0.494 e. The number of hydrazone groups is 1. The van der Waals surface area contributed by atoms with Crippen LogP contribution in [0.25, 0.3) is 0 Å². The molecule has 0 radical (unpaired) electrons. The number of carbonyl (C=O) groups excluding carboxylic acids is 2. The van der Waals surface area contributed by atoms with Gasteiger partial charge in [-0.2, -0.15) is 5.10 Å². The van der Waals surface area contributed by atoms with Crippen molar-refractivity contribution < 1.29 is 19.2 Å². The topological polar surface area (TPSA) is 123 Å². The summed E-state index contributed by atoms with van der Waals surface area (Å²) in [6.07, 6.45) is 1.38. The van der Waals surface area contributed by atoms with Crippen molar-refractivity contribution in [3.8, 4) is 5.75 Å². The molecule has 0 aliphatic heterocycles. The molecule has 0 unspecified atom stereocenters. The first-order chi connectivity index (χ1) is 12.5. The summed E-state index contributed by atoms with van der Waals surface area (Å²) in [7, 11) is 0. The molecular weight excluding hydrogens is 340 g/mol. The second kappa shape index (κ2) is 8.92. The first kappa shape index (κ1) is 18.6. The van der Waals surface area contributed by atoms with Gasteiger partial charge in [0.1, 0.15) is 5.75 Å². The average molecular weight is 356 g/mol. The molecule has 2 aromatic carbocycles. The number of non-ortho nitro benzene ring substituents is 1. The average Bonchev–Trinajstić information content (AvgIpc) is 2.63. The van der Waals surface area contributed by atoms with E-state index in [4.69, 9.17) is 4.74 Å². The Morgan fingerprint density at radius 1 is 1.12 bits per heavy atom. The van der Waals surface area contributed by atoms with E-state index in [0.717, 1.165) is 5.75 Å². The lowest BCUT2D eigenvalue weighted by Gasteiger charge is -2.04. The van der Waals surface area contributed by atoms with Crippen LogP contribution in [0.4, 0.5) is 11.4 Å². The number of benzene rings is 2. The molecule has 0 aliphatic carbocycles. The van der Waals surface area contributed by atoms with Crippen LogP contribution in [0, 0.1) is 10.1 Å². The Labute approximate surface area is 148 Å². The maximum atomic E-state index is 11.7. The molecule has 0 saturated heterocycles.